The molecule has 0 saturated carbocycles. The maximum absolute atomic E-state index is 9.40. The van der Waals surface area contributed by atoms with E-state index >= 15 is 0 Å². The van der Waals surface area contributed by atoms with Crippen molar-refractivity contribution in [3.05, 3.63) is 36.0 Å². The van der Waals surface area contributed by atoms with Crippen molar-refractivity contribution in [2.45, 2.75) is 13.3 Å². The molecule has 0 amide bonds. The molecule has 0 fully saturated rings. The van der Waals surface area contributed by atoms with Gasteiger partial charge in [-0.25, -0.2) is 5.57 Å². The zero-order valence-electron chi connectivity index (χ0n) is 8.17. The molecule has 0 unspecified atom stereocenters. The molecule has 3 nitrogen and oxygen atoms in total. The van der Waals surface area contributed by atoms with Gasteiger partial charge in [-0.15, -0.1) is 12.7 Å². The minimum absolute atomic E-state index is 1.02. The SMILES string of the molecule is C=CC1=C(C)[C-]=CC1.O=[C]=[Re](=[C]=O)=[C]=O. The van der Waals surface area contributed by atoms with Crippen LogP contribution in [-0.4, -0.2) is 13.1 Å². The second-order valence-corrected chi connectivity index (χ2v) is 6.12. The Balaban J connectivity index is 0.000000265. The van der Waals surface area contributed by atoms with E-state index < -0.39 is 15.4 Å². The van der Waals surface area contributed by atoms with E-state index in [4.69, 9.17) is 0 Å². The van der Waals surface area contributed by atoms with Crippen molar-refractivity contribution in [3.63, 3.8) is 0 Å². The van der Waals surface area contributed by atoms with E-state index in [0.29, 0.717) is 0 Å². The number of hydrogen-bond acceptors (Lipinski definition) is 3. The van der Waals surface area contributed by atoms with Crippen molar-refractivity contribution in [1.82, 2.24) is 0 Å². The molecular formula is C11H9O3Re-. The molecule has 0 radical (unpaired) electrons. The first-order chi connectivity index (χ1) is 7.19. The van der Waals surface area contributed by atoms with Gasteiger partial charge >= 0.3 is 42.8 Å². The second-order valence-electron chi connectivity index (χ2n) is 2.42. The van der Waals surface area contributed by atoms with Gasteiger partial charge in [0.2, 0.25) is 0 Å². The van der Waals surface area contributed by atoms with E-state index in [9.17, 15) is 14.4 Å². The van der Waals surface area contributed by atoms with Crippen molar-refractivity contribution >= 4 is 13.1 Å². The summed E-state index contributed by atoms with van der Waals surface area (Å²) in [4.78, 5) is 28.2. The van der Waals surface area contributed by atoms with Gasteiger partial charge in [0, 0.05) is 0 Å². The van der Waals surface area contributed by atoms with Crippen LogP contribution >= 0.6 is 0 Å². The van der Waals surface area contributed by atoms with Crippen LogP contribution in [0.4, 0.5) is 0 Å². The molecule has 0 bridgehead atoms. The summed E-state index contributed by atoms with van der Waals surface area (Å²) in [5, 5.41) is 0. The van der Waals surface area contributed by atoms with Crippen molar-refractivity contribution in [1.29, 1.82) is 0 Å². The quantitative estimate of drug-likeness (QED) is 0.644. The summed E-state index contributed by atoms with van der Waals surface area (Å²) in [5.41, 5.74) is 2.55. The van der Waals surface area contributed by atoms with Crippen LogP contribution in [0, 0.1) is 6.08 Å². The van der Waals surface area contributed by atoms with Crippen LogP contribution in [0.25, 0.3) is 0 Å². The van der Waals surface area contributed by atoms with E-state index in [2.05, 4.69) is 19.6 Å². The molecule has 0 N–H and O–H groups in total. The molecule has 1 aliphatic carbocycles. The molecule has 0 aliphatic heterocycles. The van der Waals surface area contributed by atoms with Crippen LogP contribution in [0.2, 0.25) is 0 Å². The van der Waals surface area contributed by atoms with Crippen LogP contribution in [0.3, 0.4) is 0 Å². The van der Waals surface area contributed by atoms with Gasteiger partial charge in [-0.3, -0.25) is 6.08 Å². The first kappa shape index (κ1) is 13.6. The number of allylic oxidation sites excluding steroid dienone is 5. The topological polar surface area (TPSA) is 51.2 Å². The Bertz CT molecular complexity index is 471. The molecule has 1 aliphatic rings. The molecule has 0 spiro atoms. The van der Waals surface area contributed by atoms with E-state index in [1.807, 2.05) is 12.2 Å². The molecule has 1 rings (SSSR count). The Morgan fingerprint density at radius 1 is 1.40 bits per heavy atom. The predicted octanol–water partition coefficient (Wildman–Crippen LogP) is 1.06. The zero-order valence-corrected chi connectivity index (χ0v) is 10.9. The Labute approximate surface area is 92.2 Å². The number of rotatable bonds is 1. The summed E-state index contributed by atoms with van der Waals surface area (Å²) < 4.78 is 3.87. The molecule has 0 aromatic heterocycles. The van der Waals surface area contributed by atoms with E-state index in [-0.39, 0.29) is 0 Å². The van der Waals surface area contributed by atoms with E-state index in [0.717, 1.165) is 6.42 Å². The fraction of sp³-hybridized carbons (Fsp3) is 0.182. The van der Waals surface area contributed by atoms with Gasteiger partial charge in [0.25, 0.3) is 0 Å². The minimum atomic E-state index is -2.97. The van der Waals surface area contributed by atoms with Crippen LogP contribution in [0.5, 0.6) is 0 Å². The predicted molar refractivity (Wildman–Crippen MR) is 52.4 cm³/mol. The van der Waals surface area contributed by atoms with Crippen LogP contribution < -0.4 is 0 Å². The van der Waals surface area contributed by atoms with Crippen molar-refractivity contribution in [2.24, 2.45) is 0 Å². The van der Waals surface area contributed by atoms with Crippen LogP contribution in [-0.2, 0) is 29.8 Å². The normalized spacial score (nSPS) is 11.8. The average Bonchev–Trinajstić information content (AvgIpc) is 2.67. The summed E-state index contributed by atoms with van der Waals surface area (Å²) in [6.07, 6.45) is 8.06. The molecule has 0 saturated heterocycles. The monoisotopic (exact) mass is 376 g/mol. The van der Waals surface area contributed by atoms with Gasteiger partial charge in [-0.1, -0.05) is 13.3 Å². The molecular weight excluding hydrogens is 366 g/mol. The fourth-order valence-corrected chi connectivity index (χ4v) is 1.18. The third kappa shape index (κ3) is 5.15. The molecule has 0 aromatic carbocycles. The Kier molecular flexibility index (Phi) is 7.24. The van der Waals surface area contributed by atoms with Gasteiger partial charge in [0.15, 0.2) is 0 Å². The van der Waals surface area contributed by atoms with Gasteiger partial charge in [0.1, 0.15) is 0 Å². The van der Waals surface area contributed by atoms with Gasteiger partial charge < -0.3 is 0 Å². The summed E-state index contributed by atoms with van der Waals surface area (Å²) in [6.45, 7) is 5.73. The Morgan fingerprint density at radius 3 is 2.07 bits per heavy atom. The third-order valence-electron chi connectivity index (χ3n) is 1.60. The molecule has 0 aromatic rings. The van der Waals surface area contributed by atoms with E-state index in [1.165, 1.54) is 24.2 Å². The van der Waals surface area contributed by atoms with Crippen molar-refractivity contribution in [3.8, 4) is 0 Å². The maximum atomic E-state index is 9.40. The van der Waals surface area contributed by atoms with Gasteiger partial charge in [-0.2, -0.15) is 11.6 Å². The number of carbonyl (C=O) groups excluding carboxylic acids is 3. The Morgan fingerprint density at radius 2 is 1.93 bits per heavy atom. The van der Waals surface area contributed by atoms with E-state index in [1.54, 1.807) is 0 Å². The molecule has 0 atom stereocenters. The first-order valence-electron chi connectivity index (χ1n) is 3.93. The molecule has 15 heavy (non-hydrogen) atoms. The first-order valence-corrected chi connectivity index (χ1v) is 8.00. The summed E-state index contributed by atoms with van der Waals surface area (Å²) in [7, 11) is 0. The van der Waals surface area contributed by atoms with Crippen molar-refractivity contribution in [2.75, 3.05) is 0 Å². The van der Waals surface area contributed by atoms with Gasteiger partial charge in [-0.05, 0) is 0 Å². The summed E-state index contributed by atoms with van der Waals surface area (Å²) in [6, 6.07) is 0. The van der Waals surface area contributed by atoms with Crippen LogP contribution in [0.1, 0.15) is 13.3 Å². The molecule has 4 heteroatoms. The van der Waals surface area contributed by atoms with Crippen molar-refractivity contribution < 1.29 is 29.8 Å². The third-order valence-corrected chi connectivity index (χ3v) is 3.26. The molecule has 79 valence electrons. The second kappa shape index (κ2) is 7.97. The fourth-order valence-electron chi connectivity index (χ4n) is 0.844. The summed E-state index contributed by atoms with van der Waals surface area (Å²) in [5.74, 6) is 0. The standard InChI is InChI=1S/C8H9.3CO.Re/c1-3-8-6-4-5-7(8)2;3*1-2;/h3-4H,1,6H2,2H3;;;;/q-1;;;;. The average molecular weight is 375 g/mol. The van der Waals surface area contributed by atoms with Gasteiger partial charge in [0.05, 0.1) is 0 Å². The number of hydrogen-bond donors (Lipinski definition) is 0. The Hall–Kier alpha value is -1.38. The zero-order chi connectivity index (χ0) is 11.7. The van der Waals surface area contributed by atoms with Crippen LogP contribution in [0.15, 0.2) is 29.9 Å². The summed E-state index contributed by atoms with van der Waals surface area (Å²) >= 11 is -2.97. The molecule has 0 heterocycles.